The first-order chi connectivity index (χ1) is 15.4. The number of carbonyl (C=O) groups is 4. The molecule has 0 aliphatic carbocycles. The summed E-state index contributed by atoms with van der Waals surface area (Å²) in [7, 11) is 0. The van der Waals surface area contributed by atoms with Gasteiger partial charge in [0.1, 0.15) is 0 Å². The fourth-order valence-electron chi connectivity index (χ4n) is 4.65. The van der Waals surface area contributed by atoms with Crippen LogP contribution in [0.5, 0.6) is 0 Å². The van der Waals surface area contributed by atoms with Gasteiger partial charge < -0.3 is 0 Å². The summed E-state index contributed by atoms with van der Waals surface area (Å²) in [5, 5.41) is 4.02. The van der Waals surface area contributed by atoms with Crippen molar-refractivity contribution >= 4 is 35.1 Å². The third-order valence-corrected chi connectivity index (χ3v) is 7.52. The number of aryl methyl sites for hydroxylation is 1. The molecule has 32 heavy (non-hydrogen) atoms. The second kappa shape index (κ2) is 8.14. The molecule has 0 spiro atoms. The first kappa shape index (κ1) is 20.8. The van der Waals surface area contributed by atoms with Crippen LogP contribution in [0.25, 0.3) is 0 Å². The summed E-state index contributed by atoms with van der Waals surface area (Å²) in [6.07, 6.45) is 2.27. The molecule has 9 heteroatoms. The van der Waals surface area contributed by atoms with Gasteiger partial charge in [0.2, 0.25) is 5.91 Å². The third kappa shape index (κ3) is 3.71. The van der Waals surface area contributed by atoms with Crippen LogP contribution >= 0.6 is 11.3 Å². The summed E-state index contributed by atoms with van der Waals surface area (Å²) < 4.78 is 0. The lowest BCUT2D eigenvalue weighted by atomic mass is 9.95. The molecule has 166 valence electrons. The molecule has 0 unspecified atom stereocenters. The molecule has 5 rings (SSSR count). The van der Waals surface area contributed by atoms with E-state index in [9.17, 15) is 19.2 Å². The van der Waals surface area contributed by atoms with Gasteiger partial charge in [-0.25, -0.2) is 9.80 Å². The number of piperidine rings is 1. The van der Waals surface area contributed by atoms with E-state index in [1.54, 1.807) is 12.1 Å². The molecule has 0 saturated carbocycles. The molecule has 0 radical (unpaired) electrons. The Bertz CT molecular complexity index is 1120. The van der Waals surface area contributed by atoms with Crippen LogP contribution in [-0.4, -0.2) is 58.3 Å². The minimum absolute atomic E-state index is 0.00169. The van der Waals surface area contributed by atoms with Gasteiger partial charge in [-0.1, -0.05) is 6.07 Å². The van der Waals surface area contributed by atoms with E-state index in [0.717, 1.165) is 41.5 Å². The number of hydrogen-bond acceptors (Lipinski definition) is 6. The van der Waals surface area contributed by atoms with Crippen molar-refractivity contribution in [2.75, 3.05) is 19.6 Å². The van der Waals surface area contributed by atoms with Crippen LogP contribution in [0.1, 0.15) is 61.2 Å². The average Bonchev–Trinajstić information content (AvgIpc) is 3.31. The maximum absolute atomic E-state index is 13.0. The Labute approximate surface area is 189 Å². The zero-order valence-electron chi connectivity index (χ0n) is 17.8. The SMILES string of the molecule is Cc1ccc(C2CCN(Cc3ccc4c(c3)C(=O)N(N3CCC(=O)NC3=O)C4=O)CC2)s1. The van der Waals surface area contributed by atoms with Gasteiger partial charge >= 0.3 is 6.03 Å². The lowest BCUT2D eigenvalue weighted by Gasteiger charge is -2.32. The molecule has 3 aliphatic heterocycles. The molecule has 1 N–H and O–H groups in total. The third-order valence-electron chi connectivity index (χ3n) is 6.36. The smallest absolute Gasteiger partial charge is 0.299 e. The Morgan fingerprint density at radius 1 is 0.969 bits per heavy atom. The zero-order chi connectivity index (χ0) is 22.4. The second-order valence-corrected chi connectivity index (χ2v) is 9.85. The molecule has 5 amide bonds. The molecular formula is C23H24N4O4S. The van der Waals surface area contributed by atoms with Crippen molar-refractivity contribution in [3.63, 3.8) is 0 Å². The van der Waals surface area contributed by atoms with Crippen molar-refractivity contribution in [2.24, 2.45) is 0 Å². The number of fused-ring (bicyclic) bond motifs is 1. The molecule has 2 saturated heterocycles. The number of thiophene rings is 1. The van der Waals surface area contributed by atoms with E-state index in [1.807, 2.05) is 17.4 Å². The quantitative estimate of drug-likeness (QED) is 0.721. The fourth-order valence-corrected chi connectivity index (χ4v) is 5.69. The van der Waals surface area contributed by atoms with Crippen LogP contribution in [0.4, 0.5) is 4.79 Å². The number of likely N-dealkylation sites (tertiary alicyclic amines) is 1. The number of nitrogens with one attached hydrogen (secondary N) is 1. The molecule has 2 aromatic rings. The van der Waals surface area contributed by atoms with Crippen LogP contribution in [0.15, 0.2) is 30.3 Å². The van der Waals surface area contributed by atoms with Crippen LogP contribution in [0.3, 0.4) is 0 Å². The van der Waals surface area contributed by atoms with Crippen LogP contribution in [0, 0.1) is 6.92 Å². The highest BCUT2D eigenvalue weighted by Gasteiger charge is 2.43. The number of rotatable bonds is 4. The molecule has 0 bridgehead atoms. The number of imide groups is 2. The summed E-state index contributed by atoms with van der Waals surface area (Å²) in [4.78, 5) is 54.5. The summed E-state index contributed by atoms with van der Waals surface area (Å²) >= 11 is 1.88. The van der Waals surface area contributed by atoms with Gasteiger partial charge in [-0.15, -0.1) is 11.3 Å². The van der Waals surface area contributed by atoms with E-state index in [1.165, 1.54) is 9.75 Å². The molecule has 8 nitrogen and oxygen atoms in total. The number of benzene rings is 1. The van der Waals surface area contributed by atoms with E-state index in [0.29, 0.717) is 18.0 Å². The molecule has 4 heterocycles. The fraction of sp³-hybridized carbons (Fsp3) is 0.391. The number of hydrogen-bond donors (Lipinski definition) is 1. The highest BCUT2D eigenvalue weighted by molar-refractivity contribution is 7.12. The summed E-state index contributed by atoms with van der Waals surface area (Å²) in [5.41, 5.74) is 1.56. The summed E-state index contributed by atoms with van der Waals surface area (Å²) in [5.74, 6) is -0.861. The minimum atomic E-state index is -0.750. The topological polar surface area (TPSA) is 90.0 Å². The lowest BCUT2D eigenvalue weighted by molar-refractivity contribution is -0.122. The van der Waals surface area contributed by atoms with Gasteiger partial charge in [0, 0.05) is 22.7 Å². The van der Waals surface area contributed by atoms with E-state index in [4.69, 9.17) is 0 Å². The van der Waals surface area contributed by atoms with E-state index < -0.39 is 23.8 Å². The van der Waals surface area contributed by atoms with Gasteiger partial charge in [-0.2, -0.15) is 5.01 Å². The van der Waals surface area contributed by atoms with E-state index in [2.05, 4.69) is 29.3 Å². The maximum Gasteiger partial charge on any atom is 0.343 e. The monoisotopic (exact) mass is 452 g/mol. The van der Waals surface area contributed by atoms with E-state index >= 15 is 0 Å². The molecule has 1 aromatic carbocycles. The van der Waals surface area contributed by atoms with Gasteiger partial charge in [-0.3, -0.25) is 24.6 Å². The van der Waals surface area contributed by atoms with Crippen LogP contribution in [-0.2, 0) is 11.3 Å². The van der Waals surface area contributed by atoms with Crippen molar-refractivity contribution in [1.82, 2.24) is 20.2 Å². The Morgan fingerprint density at radius 3 is 2.41 bits per heavy atom. The van der Waals surface area contributed by atoms with Crippen LogP contribution in [0.2, 0.25) is 0 Å². The number of amides is 5. The first-order valence-corrected chi connectivity index (χ1v) is 11.6. The highest BCUT2D eigenvalue weighted by atomic mass is 32.1. The normalized spacial score (nSPS) is 20.2. The van der Waals surface area contributed by atoms with Crippen molar-refractivity contribution in [3.05, 3.63) is 56.8 Å². The van der Waals surface area contributed by atoms with Crippen LogP contribution < -0.4 is 5.32 Å². The lowest BCUT2D eigenvalue weighted by Crippen LogP contribution is -2.58. The van der Waals surface area contributed by atoms with E-state index in [-0.39, 0.29) is 18.5 Å². The molecule has 2 fully saturated rings. The maximum atomic E-state index is 13.0. The Morgan fingerprint density at radius 2 is 1.72 bits per heavy atom. The average molecular weight is 453 g/mol. The predicted molar refractivity (Wildman–Crippen MR) is 118 cm³/mol. The Balaban J connectivity index is 1.26. The van der Waals surface area contributed by atoms with Gasteiger partial charge in [0.25, 0.3) is 11.8 Å². The Kier molecular flexibility index (Phi) is 5.30. The number of carbonyl (C=O) groups excluding carboxylic acids is 4. The standard InChI is InChI=1S/C23H24N4O4S/c1-14-2-5-19(32-14)16-6-9-25(10-7-16)13-15-3-4-17-18(12-15)22(30)27(21(17)29)26-11-8-20(28)24-23(26)31/h2-5,12,16H,6-11,13H2,1H3,(H,24,28,31). The minimum Gasteiger partial charge on any atom is -0.299 e. The van der Waals surface area contributed by atoms with Gasteiger partial charge in [-0.05, 0) is 68.6 Å². The molecule has 0 atom stereocenters. The van der Waals surface area contributed by atoms with Gasteiger partial charge in [0.05, 0.1) is 17.7 Å². The summed E-state index contributed by atoms with van der Waals surface area (Å²) in [6.45, 7) is 4.83. The molecular weight excluding hydrogens is 428 g/mol. The first-order valence-electron chi connectivity index (χ1n) is 10.8. The second-order valence-electron chi connectivity index (χ2n) is 8.53. The van der Waals surface area contributed by atoms with Crippen molar-refractivity contribution in [3.8, 4) is 0 Å². The molecule has 1 aromatic heterocycles. The highest BCUT2D eigenvalue weighted by Crippen LogP contribution is 2.33. The summed E-state index contributed by atoms with van der Waals surface area (Å²) in [6, 6.07) is 8.98. The number of nitrogens with zero attached hydrogens (tertiary/aromatic N) is 3. The van der Waals surface area contributed by atoms with Gasteiger partial charge in [0.15, 0.2) is 0 Å². The Hall–Kier alpha value is -3.04. The number of hydrazine groups is 1. The number of urea groups is 1. The van der Waals surface area contributed by atoms with Crippen molar-refractivity contribution in [2.45, 2.75) is 38.6 Å². The zero-order valence-corrected chi connectivity index (χ0v) is 18.6. The van der Waals surface area contributed by atoms with Crippen molar-refractivity contribution < 1.29 is 19.2 Å². The predicted octanol–water partition coefficient (Wildman–Crippen LogP) is 2.89. The molecule has 3 aliphatic rings. The van der Waals surface area contributed by atoms with Crippen molar-refractivity contribution in [1.29, 1.82) is 0 Å². The largest absolute Gasteiger partial charge is 0.343 e.